The van der Waals surface area contributed by atoms with E-state index in [2.05, 4.69) is 15.5 Å². The number of nitrogens with zero attached hydrogens (tertiary/aromatic N) is 2. The molecule has 0 spiro atoms. The van der Waals surface area contributed by atoms with Gasteiger partial charge in [0.1, 0.15) is 0 Å². The van der Waals surface area contributed by atoms with Crippen LogP contribution in [0.25, 0.3) is 10.9 Å². The Labute approximate surface area is 121 Å². The van der Waals surface area contributed by atoms with Crippen molar-refractivity contribution in [3.05, 3.63) is 59.8 Å². The molecule has 0 aliphatic rings. The molecule has 1 aromatic heterocycles. The summed E-state index contributed by atoms with van der Waals surface area (Å²) in [6.07, 6.45) is 0. The number of carbonyl (C=O) groups is 1. The molecule has 1 heterocycles. The van der Waals surface area contributed by atoms with Crippen LogP contribution in [0.3, 0.4) is 0 Å². The Hall–Kier alpha value is -2.95. The highest BCUT2D eigenvalue weighted by Crippen LogP contribution is 2.28. The predicted molar refractivity (Wildman–Crippen MR) is 81.0 cm³/mol. The van der Waals surface area contributed by atoms with Gasteiger partial charge < -0.3 is 10.4 Å². The molecule has 21 heavy (non-hydrogen) atoms. The molecule has 2 aromatic carbocycles. The number of hydrogen-bond acceptors (Lipinski definition) is 4. The van der Waals surface area contributed by atoms with Crippen LogP contribution in [0.2, 0.25) is 0 Å². The number of para-hydroxylation sites is 1. The summed E-state index contributed by atoms with van der Waals surface area (Å²) in [6.45, 7) is 1.96. The van der Waals surface area contributed by atoms with Gasteiger partial charge in [-0.3, -0.25) is 0 Å². The van der Waals surface area contributed by atoms with E-state index in [0.29, 0.717) is 11.2 Å². The topological polar surface area (TPSA) is 75.1 Å². The van der Waals surface area contributed by atoms with Gasteiger partial charge in [-0.2, -0.15) is 0 Å². The van der Waals surface area contributed by atoms with E-state index in [1.165, 1.54) is 0 Å². The lowest BCUT2D eigenvalue weighted by atomic mass is 10.1. The van der Waals surface area contributed by atoms with Gasteiger partial charge in [0.05, 0.1) is 11.2 Å². The first kappa shape index (κ1) is 13.1. The van der Waals surface area contributed by atoms with Gasteiger partial charge in [-0.1, -0.05) is 36.4 Å². The van der Waals surface area contributed by atoms with Gasteiger partial charge >= 0.3 is 5.97 Å². The lowest BCUT2D eigenvalue weighted by molar-refractivity contribution is 0.0690. The number of anilines is 2. The van der Waals surface area contributed by atoms with E-state index in [1.54, 1.807) is 6.07 Å². The van der Waals surface area contributed by atoms with E-state index in [9.17, 15) is 9.90 Å². The maximum absolute atomic E-state index is 11.4. The fraction of sp³-hybridized carbons (Fsp3) is 0.0625. The minimum atomic E-state index is -1.11. The Balaban J connectivity index is 2.21. The first-order valence-corrected chi connectivity index (χ1v) is 6.48. The lowest BCUT2D eigenvalue weighted by Gasteiger charge is -2.13. The number of hydrogen-bond donors (Lipinski definition) is 2. The molecule has 0 amide bonds. The maximum Gasteiger partial charge on any atom is 0.358 e. The molecule has 0 unspecified atom stereocenters. The molecule has 0 bridgehead atoms. The second-order valence-electron chi connectivity index (χ2n) is 4.69. The van der Waals surface area contributed by atoms with Crippen molar-refractivity contribution in [1.82, 2.24) is 10.2 Å². The van der Waals surface area contributed by atoms with Crippen LogP contribution in [-0.4, -0.2) is 21.3 Å². The second kappa shape index (κ2) is 5.20. The highest BCUT2D eigenvalue weighted by Gasteiger charge is 2.17. The maximum atomic E-state index is 11.4. The minimum Gasteiger partial charge on any atom is -0.476 e. The summed E-state index contributed by atoms with van der Waals surface area (Å²) in [5.41, 5.74) is 2.89. The molecule has 104 valence electrons. The second-order valence-corrected chi connectivity index (χ2v) is 4.69. The van der Waals surface area contributed by atoms with Gasteiger partial charge in [-0.05, 0) is 24.6 Å². The highest BCUT2D eigenvalue weighted by molar-refractivity contribution is 6.03. The summed E-state index contributed by atoms with van der Waals surface area (Å²) < 4.78 is 0. The number of carboxylic acid groups (broad SMARTS) is 1. The fourth-order valence-electron chi connectivity index (χ4n) is 2.18. The Bertz CT molecular complexity index is 831. The minimum absolute atomic E-state index is 0.0862. The van der Waals surface area contributed by atoms with Crippen LogP contribution in [0.5, 0.6) is 0 Å². The van der Waals surface area contributed by atoms with Crippen molar-refractivity contribution >= 4 is 28.2 Å². The number of nitrogens with one attached hydrogen (secondary N) is 1. The molecule has 2 N–H and O–H groups in total. The molecule has 3 aromatic rings. The molecular formula is C16H13N3O2. The SMILES string of the molecule is Cc1ccccc1Nc1c(C(=O)O)nnc2ccccc12. The van der Waals surface area contributed by atoms with E-state index >= 15 is 0 Å². The summed E-state index contributed by atoms with van der Waals surface area (Å²) in [5.74, 6) is -1.11. The predicted octanol–water partition coefficient (Wildman–Crippen LogP) is 3.38. The van der Waals surface area contributed by atoms with Crippen LogP contribution in [-0.2, 0) is 0 Å². The van der Waals surface area contributed by atoms with Crippen LogP contribution in [0, 0.1) is 6.92 Å². The van der Waals surface area contributed by atoms with Crippen LogP contribution in [0.1, 0.15) is 16.1 Å². The standard InChI is InChI=1S/C16H13N3O2/c1-10-6-2-4-8-12(10)17-14-11-7-3-5-9-13(11)18-19-15(14)16(20)21/h2-9H,1H3,(H,17,18)(H,20,21). The number of rotatable bonds is 3. The van der Waals surface area contributed by atoms with E-state index in [1.807, 2.05) is 49.4 Å². The average Bonchev–Trinajstić information content (AvgIpc) is 2.49. The van der Waals surface area contributed by atoms with Crippen molar-refractivity contribution in [2.24, 2.45) is 0 Å². The van der Waals surface area contributed by atoms with E-state index in [0.717, 1.165) is 16.6 Å². The summed E-state index contributed by atoms with van der Waals surface area (Å²) in [6, 6.07) is 15.0. The van der Waals surface area contributed by atoms with Gasteiger partial charge in [0.15, 0.2) is 5.69 Å². The van der Waals surface area contributed by atoms with Crippen molar-refractivity contribution in [2.75, 3.05) is 5.32 Å². The molecule has 0 saturated heterocycles. The molecule has 0 aliphatic carbocycles. The van der Waals surface area contributed by atoms with Gasteiger partial charge in [0, 0.05) is 11.1 Å². The first-order valence-electron chi connectivity index (χ1n) is 6.48. The van der Waals surface area contributed by atoms with Crippen LogP contribution < -0.4 is 5.32 Å². The molecule has 0 aliphatic heterocycles. The van der Waals surface area contributed by atoms with Gasteiger partial charge in [0.25, 0.3) is 0 Å². The van der Waals surface area contributed by atoms with Crippen molar-refractivity contribution in [3.63, 3.8) is 0 Å². The summed E-state index contributed by atoms with van der Waals surface area (Å²) in [5, 5.41) is 21.0. The lowest BCUT2D eigenvalue weighted by Crippen LogP contribution is -2.08. The molecular weight excluding hydrogens is 266 g/mol. The fourth-order valence-corrected chi connectivity index (χ4v) is 2.18. The molecule has 0 atom stereocenters. The quantitative estimate of drug-likeness (QED) is 0.768. The summed E-state index contributed by atoms with van der Waals surface area (Å²) >= 11 is 0. The molecule has 3 rings (SSSR count). The van der Waals surface area contributed by atoms with E-state index in [4.69, 9.17) is 0 Å². The van der Waals surface area contributed by atoms with E-state index < -0.39 is 5.97 Å². The number of benzene rings is 2. The van der Waals surface area contributed by atoms with Crippen molar-refractivity contribution in [2.45, 2.75) is 6.92 Å². The third-order valence-corrected chi connectivity index (χ3v) is 3.28. The van der Waals surface area contributed by atoms with Gasteiger partial charge in [-0.15, -0.1) is 10.2 Å². The third kappa shape index (κ3) is 2.41. The highest BCUT2D eigenvalue weighted by atomic mass is 16.4. The summed E-state index contributed by atoms with van der Waals surface area (Å²) in [7, 11) is 0. The third-order valence-electron chi connectivity index (χ3n) is 3.28. The molecule has 5 nitrogen and oxygen atoms in total. The molecule has 0 saturated carbocycles. The normalized spacial score (nSPS) is 10.5. The van der Waals surface area contributed by atoms with Crippen molar-refractivity contribution in [1.29, 1.82) is 0 Å². The van der Waals surface area contributed by atoms with Crippen molar-refractivity contribution < 1.29 is 9.90 Å². The largest absolute Gasteiger partial charge is 0.476 e. The number of aromatic nitrogens is 2. The average molecular weight is 279 g/mol. The number of carboxylic acids is 1. The first-order chi connectivity index (χ1) is 10.2. The van der Waals surface area contributed by atoms with Crippen LogP contribution >= 0.6 is 0 Å². The monoisotopic (exact) mass is 279 g/mol. The van der Waals surface area contributed by atoms with Gasteiger partial charge in [-0.25, -0.2) is 4.79 Å². The molecule has 5 heteroatoms. The zero-order valence-electron chi connectivity index (χ0n) is 11.4. The Morgan fingerprint density at radius 1 is 1.05 bits per heavy atom. The van der Waals surface area contributed by atoms with Crippen molar-refractivity contribution in [3.8, 4) is 0 Å². The van der Waals surface area contributed by atoms with E-state index in [-0.39, 0.29) is 5.69 Å². The smallest absolute Gasteiger partial charge is 0.358 e. The van der Waals surface area contributed by atoms with Gasteiger partial charge in [0.2, 0.25) is 0 Å². The zero-order chi connectivity index (χ0) is 14.8. The Kier molecular flexibility index (Phi) is 3.23. The number of fused-ring (bicyclic) bond motifs is 1. The number of aromatic carboxylic acids is 1. The zero-order valence-corrected chi connectivity index (χ0v) is 11.4. The van der Waals surface area contributed by atoms with Crippen LogP contribution in [0.4, 0.5) is 11.4 Å². The van der Waals surface area contributed by atoms with Crippen LogP contribution in [0.15, 0.2) is 48.5 Å². The summed E-state index contributed by atoms with van der Waals surface area (Å²) in [4.78, 5) is 11.4. The molecule has 0 radical (unpaired) electrons. The Morgan fingerprint density at radius 3 is 2.52 bits per heavy atom. The number of aryl methyl sites for hydroxylation is 1. The molecule has 0 fully saturated rings. The Morgan fingerprint density at radius 2 is 1.76 bits per heavy atom.